The van der Waals surface area contributed by atoms with Crippen molar-refractivity contribution in [1.82, 2.24) is 0 Å². The van der Waals surface area contributed by atoms with E-state index in [0.29, 0.717) is 10.4 Å². The van der Waals surface area contributed by atoms with Crippen LogP contribution in [-0.4, -0.2) is 32.0 Å². The van der Waals surface area contributed by atoms with Gasteiger partial charge in [0.1, 0.15) is 0 Å². The molecule has 0 bridgehead atoms. The Hall–Kier alpha value is 0.459. The Labute approximate surface area is 61.5 Å². The van der Waals surface area contributed by atoms with Gasteiger partial charge >= 0.3 is 61.1 Å². The quantitative estimate of drug-likeness (QED) is 0.292. The van der Waals surface area contributed by atoms with Crippen LogP contribution in [0.15, 0.2) is 0 Å². The van der Waals surface area contributed by atoms with E-state index in [1.807, 2.05) is 0 Å². The average molecular weight is 199 g/mol. The third kappa shape index (κ3) is 2.69. The second kappa shape index (κ2) is 4.35. The molecule has 0 aliphatic heterocycles. The molecule has 0 fully saturated rings. The van der Waals surface area contributed by atoms with Crippen LogP contribution in [0.2, 0.25) is 0 Å². The third-order valence-corrected chi connectivity index (χ3v) is 1.85. The average Bonchev–Trinajstić information content (AvgIpc) is 1.84. The fourth-order valence-electron chi connectivity index (χ4n) is 0.162. The van der Waals surface area contributed by atoms with Crippen molar-refractivity contribution in [2.45, 2.75) is 6.04 Å². The first-order chi connectivity index (χ1) is 3.72. The summed E-state index contributed by atoms with van der Waals surface area (Å²) in [7, 11) is 0. The van der Waals surface area contributed by atoms with E-state index in [2.05, 4.69) is 33.0 Å². The van der Waals surface area contributed by atoms with Gasteiger partial charge in [-0.2, -0.15) is 0 Å². The van der Waals surface area contributed by atoms with E-state index in [0.717, 1.165) is 0 Å². The molecule has 0 aliphatic carbocycles. The van der Waals surface area contributed by atoms with Crippen LogP contribution >= 0.6 is 12.6 Å². The Kier molecular flexibility index (Phi) is 4.60. The molecule has 0 saturated carbocycles. The molecule has 0 aromatic carbocycles. The minimum atomic E-state index is -0.205. The number of rotatable bonds is 3. The van der Waals surface area contributed by atoms with Crippen molar-refractivity contribution in [1.29, 1.82) is 0 Å². The van der Waals surface area contributed by atoms with Gasteiger partial charge in [0, 0.05) is 0 Å². The molecule has 0 saturated heterocycles. The van der Waals surface area contributed by atoms with Crippen LogP contribution in [-0.2, 0) is 4.84 Å². The third-order valence-electron chi connectivity index (χ3n) is 0.616. The van der Waals surface area contributed by atoms with Gasteiger partial charge in [0.15, 0.2) is 0 Å². The summed E-state index contributed by atoms with van der Waals surface area (Å²) in [5.74, 6) is 5.29. The number of thiol groups is 1. The van der Waals surface area contributed by atoms with Crippen molar-refractivity contribution in [2.75, 3.05) is 5.75 Å². The summed E-state index contributed by atoms with van der Waals surface area (Å²) in [5, 5.41) is 0. The molecule has 3 nitrogen and oxygen atoms in total. The zero-order chi connectivity index (χ0) is 6.57. The molecule has 48 valence electrons. The van der Waals surface area contributed by atoms with Crippen molar-refractivity contribution in [3.8, 4) is 0 Å². The predicted molar refractivity (Wildman–Crippen MR) is 37.9 cm³/mol. The molecule has 0 amide bonds. The Balaban J connectivity index is 3.46. The molecular weight excluding hydrogens is 191 g/mol. The van der Waals surface area contributed by atoms with Gasteiger partial charge in [0.2, 0.25) is 0 Å². The van der Waals surface area contributed by atoms with Crippen LogP contribution in [0, 0.1) is 0 Å². The van der Waals surface area contributed by atoms with Gasteiger partial charge < -0.3 is 0 Å². The summed E-state index contributed by atoms with van der Waals surface area (Å²) in [6.07, 6.45) is 0. The maximum absolute atomic E-state index is 5.38. The summed E-state index contributed by atoms with van der Waals surface area (Å²) >= 11 is 6.48. The summed E-state index contributed by atoms with van der Waals surface area (Å²) in [4.78, 5) is 4.29. The summed E-state index contributed by atoms with van der Waals surface area (Å²) in [6, 6.07) is -0.205. The molecule has 0 radical (unpaired) electrons. The molecule has 0 aromatic rings. The zero-order valence-electron chi connectivity index (χ0n) is 4.20. The molecule has 1 atom stereocenters. The van der Waals surface area contributed by atoms with Crippen LogP contribution in [0.5, 0.6) is 0 Å². The van der Waals surface area contributed by atoms with Crippen molar-refractivity contribution in [3.05, 3.63) is 0 Å². The molecular formula is C3H8N2OSSe. The maximum atomic E-state index is 5.38. The molecule has 8 heavy (non-hydrogen) atoms. The van der Waals surface area contributed by atoms with E-state index in [4.69, 9.17) is 11.6 Å². The van der Waals surface area contributed by atoms with Crippen LogP contribution in [0.1, 0.15) is 0 Å². The van der Waals surface area contributed by atoms with E-state index in [1.165, 1.54) is 0 Å². The van der Waals surface area contributed by atoms with Gasteiger partial charge in [0.05, 0.1) is 0 Å². The first kappa shape index (κ1) is 8.46. The standard InChI is InChI=1S/C3H8N2OSSe/c4-2(1-7)3(8)6-5/h2,7H,1,4-5H2/t2-/m0/s1. The van der Waals surface area contributed by atoms with Crippen LogP contribution in [0.4, 0.5) is 0 Å². The van der Waals surface area contributed by atoms with E-state index in [9.17, 15) is 0 Å². The Morgan fingerprint density at radius 3 is 2.50 bits per heavy atom. The Morgan fingerprint density at radius 2 is 2.38 bits per heavy atom. The SMILES string of the molecule is NOC(=[Se])[C@@H](N)CS. The summed E-state index contributed by atoms with van der Waals surface area (Å²) in [5.41, 5.74) is 5.38. The normalized spacial score (nSPS) is 12.9. The Morgan fingerprint density at radius 1 is 1.88 bits per heavy atom. The van der Waals surface area contributed by atoms with Gasteiger partial charge in [-0.1, -0.05) is 0 Å². The summed E-state index contributed by atoms with van der Waals surface area (Å²) in [6.45, 7) is 0. The molecule has 4 N–H and O–H groups in total. The fraction of sp³-hybridized carbons (Fsp3) is 0.667. The van der Waals surface area contributed by atoms with Crippen molar-refractivity contribution < 1.29 is 4.84 Å². The minimum absolute atomic E-state index is 0.205. The first-order valence-corrected chi connectivity index (χ1v) is 3.48. The molecule has 0 rings (SSSR count). The van der Waals surface area contributed by atoms with Crippen molar-refractivity contribution >= 4 is 32.8 Å². The monoisotopic (exact) mass is 200 g/mol. The van der Waals surface area contributed by atoms with Crippen molar-refractivity contribution in [3.63, 3.8) is 0 Å². The second-order valence-corrected chi connectivity index (χ2v) is 2.44. The molecule has 0 aliphatic rings. The van der Waals surface area contributed by atoms with Gasteiger partial charge in [-0.05, 0) is 0 Å². The topological polar surface area (TPSA) is 61.3 Å². The van der Waals surface area contributed by atoms with Gasteiger partial charge in [-0.15, -0.1) is 0 Å². The number of hydrogen-bond donors (Lipinski definition) is 3. The van der Waals surface area contributed by atoms with Crippen LogP contribution in [0.3, 0.4) is 0 Å². The number of nitrogens with two attached hydrogens (primary N) is 2. The van der Waals surface area contributed by atoms with Gasteiger partial charge in [-0.25, -0.2) is 0 Å². The van der Waals surface area contributed by atoms with E-state index < -0.39 is 0 Å². The van der Waals surface area contributed by atoms with E-state index in [1.54, 1.807) is 0 Å². The molecule has 0 heterocycles. The van der Waals surface area contributed by atoms with Crippen molar-refractivity contribution in [2.24, 2.45) is 11.6 Å². The van der Waals surface area contributed by atoms with Gasteiger partial charge in [-0.3, -0.25) is 0 Å². The number of hydrogen-bond acceptors (Lipinski definition) is 4. The second-order valence-electron chi connectivity index (χ2n) is 1.23. The van der Waals surface area contributed by atoms with Crippen LogP contribution < -0.4 is 11.6 Å². The summed E-state index contributed by atoms with van der Waals surface area (Å²) < 4.78 is 0.486. The van der Waals surface area contributed by atoms with E-state index >= 15 is 0 Å². The zero-order valence-corrected chi connectivity index (χ0v) is 6.81. The van der Waals surface area contributed by atoms with E-state index in [-0.39, 0.29) is 6.04 Å². The molecule has 0 aromatic heterocycles. The Bertz CT molecular complexity index is 89.4. The molecule has 0 unspecified atom stereocenters. The van der Waals surface area contributed by atoms with Gasteiger partial charge in [0.25, 0.3) is 0 Å². The van der Waals surface area contributed by atoms with Crippen LogP contribution in [0.25, 0.3) is 0 Å². The predicted octanol–water partition coefficient (Wildman–Crippen LogP) is -1.57. The molecule has 5 heteroatoms. The fourth-order valence-corrected chi connectivity index (χ4v) is 0.780. The first-order valence-electron chi connectivity index (χ1n) is 1.99. The molecule has 0 spiro atoms.